The van der Waals surface area contributed by atoms with Crippen LogP contribution in [0.5, 0.6) is 0 Å². The zero-order valence-electron chi connectivity index (χ0n) is 22.8. The van der Waals surface area contributed by atoms with Gasteiger partial charge in [0.05, 0.1) is 11.4 Å². The highest BCUT2D eigenvalue weighted by Gasteiger charge is 2.28. The van der Waals surface area contributed by atoms with Crippen molar-refractivity contribution in [1.82, 2.24) is 40.6 Å². The second-order valence-electron chi connectivity index (χ2n) is 9.59. The summed E-state index contributed by atoms with van der Waals surface area (Å²) in [6.07, 6.45) is 7.88. The number of aromatic amines is 2. The number of rotatable bonds is 11. The average Bonchev–Trinajstić information content (AvgIpc) is 3.66. The number of amides is 2. The molecular formula is C26H34Cl2N8O5. The molecule has 2 amide bonds. The van der Waals surface area contributed by atoms with Crippen LogP contribution in [0.2, 0.25) is 10.0 Å². The lowest BCUT2D eigenvalue weighted by molar-refractivity contribution is -0.137. The van der Waals surface area contributed by atoms with E-state index in [2.05, 4.69) is 30.8 Å². The van der Waals surface area contributed by atoms with Gasteiger partial charge in [0.2, 0.25) is 5.91 Å². The molecule has 1 aliphatic heterocycles. The van der Waals surface area contributed by atoms with Crippen LogP contribution in [0, 0.1) is 0 Å². The number of carbonyl (C=O) groups is 3. The van der Waals surface area contributed by atoms with Gasteiger partial charge in [-0.1, -0.05) is 33.6 Å². The van der Waals surface area contributed by atoms with Crippen molar-refractivity contribution in [3.63, 3.8) is 0 Å². The molecule has 0 bridgehead atoms. The van der Waals surface area contributed by atoms with E-state index in [1.807, 2.05) is 7.05 Å². The third kappa shape index (κ3) is 11.4. The van der Waals surface area contributed by atoms with Crippen molar-refractivity contribution >= 4 is 41.2 Å². The van der Waals surface area contributed by atoms with E-state index in [-0.39, 0.29) is 31.1 Å². The number of aliphatic carboxylic acids is 1. The molecule has 3 N–H and O–H groups in total. The largest absolute Gasteiger partial charge is 0.481 e. The summed E-state index contributed by atoms with van der Waals surface area (Å²) in [5.41, 5.74) is 2.41. The number of piperidine rings is 1. The van der Waals surface area contributed by atoms with Crippen molar-refractivity contribution in [3.8, 4) is 0 Å². The van der Waals surface area contributed by atoms with E-state index in [4.69, 9.17) is 33.0 Å². The molecule has 3 heterocycles. The van der Waals surface area contributed by atoms with Gasteiger partial charge in [-0.05, 0) is 62.3 Å². The van der Waals surface area contributed by atoms with Gasteiger partial charge in [-0.25, -0.2) is 4.79 Å². The predicted octanol–water partition coefficient (Wildman–Crippen LogP) is 3.91. The summed E-state index contributed by atoms with van der Waals surface area (Å²) in [5, 5.41) is 29.3. The molecule has 2 aromatic heterocycles. The number of hydrogen-bond acceptors (Lipinski definition) is 8. The average molecular weight is 610 g/mol. The third-order valence-electron chi connectivity index (χ3n) is 6.53. The summed E-state index contributed by atoms with van der Waals surface area (Å²) < 4.78 is 5.38. The Labute approximate surface area is 247 Å². The molecule has 0 atom stereocenters. The Morgan fingerprint density at radius 1 is 0.976 bits per heavy atom. The Bertz CT molecular complexity index is 1210. The molecule has 222 valence electrons. The summed E-state index contributed by atoms with van der Waals surface area (Å²) in [5.74, 6) is -0.661. The molecule has 0 saturated carbocycles. The number of nitrogens with one attached hydrogen (secondary N) is 2. The maximum Gasteiger partial charge on any atom is 0.410 e. The van der Waals surface area contributed by atoms with Gasteiger partial charge in [0, 0.05) is 61.5 Å². The Kier molecular flexibility index (Phi) is 12.8. The first-order valence-electron chi connectivity index (χ1n) is 13.3. The van der Waals surface area contributed by atoms with E-state index in [0.717, 1.165) is 42.6 Å². The van der Waals surface area contributed by atoms with Crippen molar-refractivity contribution in [2.45, 2.75) is 64.0 Å². The number of carboxylic acid groups (broad SMARTS) is 1. The zero-order valence-corrected chi connectivity index (χ0v) is 24.3. The molecule has 1 aliphatic rings. The number of aromatic nitrogens is 6. The van der Waals surface area contributed by atoms with Crippen molar-refractivity contribution in [1.29, 1.82) is 0 Å². The quantitative estimate of drug-likeness (QED) is 0.292. The van der Waals surface area contributed by atoms with Crippen molar-refractivity contribution in [3.05, 3.63) is 57.6 Å². The second-order valence-corrected chi connectivity index (χ2v) is 10.5. The number of halogens is 2. The van der Waals surface area contributed by atoms with Crippen LogP contribution in [0.25, 0.3) is 0 Å². The van der Waals surface area contributed by atoms with Crippen molar-refractivity contribution in [2.24, 2.45) is 0 Å². The zero-order chi connectivity index (χ0) is 29.6. The summed E-state index contributed by atoms with van der Waals surface area (Å²) in [6.45, 7) is 1.22. The lowest BCUT2D eigenvalue weighted by Gasteiger charge is -2.36. The lowest BCUT2D eigenvalue weighted by Crippen LogP contribution is -2.47. The molecule has 0 aliphatic carbocycles. The van der Waals surface area contributed by atoms with Crippen LogP contribution in [0.15, 0.2) is 30.6 Å². The van der Waals surface area contributed by atoms with Crippen LogP contribution < -0.4 is 0 Å². The van der Waals surface area contributed by atoms with Gasteiger partial charge in [0.15, 0.2) is 0 Å². The number of benzene rings is 1. The summed E-state index contributed by atoms with van der Waals surface area (Å²) in [4.78, 5) is 38.4. The molecule has 15 heteroatoms. The van der Waals surface area contributed by atoms with Gasteiger partial charge in [-0.15, -0.1) is 10.2 Å². The first-order chi connectivity index (χ1) is 19.7. The van der Waals surface area contributed by atoms with Crippen LogP contribution >= 0.6 is 23.2 Å². The molecule has 3 aromatic rings. The predicted molar refractivity (Wildman–Crippen MR) is 150 cm³/mol. The monoisotopic (exact) mass is 608 g/mol. The van der Waals surface area contributed by atoms with Gasteiger partial charge in [-0.2, -0.15) is 0 Å². The number of carboxylic acids is 1. The Hall–Kier alpha value is -3.71. The first kappa shape index (κ1) is 31.8. The van der Waals surface area contributed by atoms with Crippen LogP contribution in [-0.4, -0.2) is 89.9 Å². The Balaban J connectivity index is 0.000000352. The van der Waals surface area contributed by atoms with Crippen molar-refractivity contribution < 1.29 is 24.2 Å². The molecule has 4 rings (SSSR count). The molecule has 13 nitrogen and oxygen atoms in total. The van der Waals surface area contributed by atoms with Gasteiger partial charge in [0.25, 0.3) is 0 Å². The second kappa shape index (κ2) is 16.5. The molecule has 0 unspecified atom stereocenters. The van der Waals surface area contributed by atoms with E-state index in [1.54, 1.807) is 40.4 Å². The Morgan fingerprint density at radius 2 is 1.54 bits per heavy atom. The summed E-state index contributed by atoms with van der Waals surface area (Å²) in [7, 11) is 1.83. The highest BCUT2D eigenvalue weighted by molar-refractivity contribution is 6.34. The highest BCUT2D eigenvalue weighted by Crippen LogP contribution is 2.21. The molecule has 41 heavy (non-hydrogen) atoms. The lowest BCUT2D eigenvalue weighted by atomic mass is 10.0. The number of hydrogen-bond donors (Lipinski definition) is 3. The molecule has 0 radical (unpaired) electrons. The van der Waals surface area contributed by atoms with Gasteiger partial charge < -0.3 is 19.6 Å². The minimum absolute atomic E-state index is 0.109. The summed E-state index contributed by atoms with van der Waals surface area (Å²) in [6, 6.07) is 5.19. The maximum atomic E-state index is 12.5. The fraction of sp³-hybridized carbons (Fsp3) is 0.500. The summed E-state index contributed by atoms with van der Waals surface area (Å²) >= 11 is 11.9. The number of nitrogens with zero attached hydrogens (tertiary/aromatic N) is 6. The van der Waals surface area contributed by atoms with Crippen LogP contribution in [-0.2, 0) is 33.8 Å². The fourth-order valence-electron chi connectivity index (χ4n) is 4.28. The standard InChI is InChI=1S/C20H25Cl2N5O3.C6H9N3O2/c1-26(19(28)4-2-3-17-12-23-25-24-17)18-5-7-27(8-6-18)20(29)30-13-14-9-15(21)11-16(22)10-14;10-6(11)3-1-2-5-4-7-9-8-5/h9-12,18H,2-8,13H2,1H3,(H,23,24,25);4H,1-3H2,(H,10,11)(H,7,8,9). The van der Waals surface area contributed by atoms with Crippen molar-refractivity contribution in [2.75, 3.05) is 20.1 Å². The number of ether oxygens (including phenoxy) is 1. The minimum atomic E-state index is -0.770. The minimum Gasteiger partial charge on any atom is -0.481 e. The number of likely N-dealkylation sites (tertiary alicyclic amines) is 1. The smallest absolute Gasteiger partial charge is 0.410 e. The maximum absolute atomic E-state index is 12.5. The normalized spacial score (nSPS) is 13.3. The topological polar surface area (TPSA) is 170 Å². The van der Waals surface area contributed by atoms with Crippen LogP contribution in [0.3, 0.4) is 0 Å². The third-order valence-corrected chi connectivity index (χ3v) is 6.97. The van der Waals surface area contributed by atoms with E-state index < -0.39 is 5.97 Å². The van der Waals surface area contributed by atoms with Gasteiger partial charge in [0.1, 0.15) is 6.61 Å². The highest BCUT2D eigenvalue weighted by atomic mass is 35.5. The number of carbonyl (C=O) groups excluding carboxylic acids is 2. The van der Waals surface area contributed by atoms with E-state index in [9.17, 15) is 14.4 Å². The van der Waals surface area contributed by atoms with Crippen LogP contribution in [0.4, 0.5) is 4.79 Å². The molecule has 0 spiro atoms. The fourth-order valence-corrected chi connectivity index (χ4v) is 4.85. The van der Waals surface area contributed by atoms with Crippen LogP contribution in [0.1, 0.15) is 55.5 Å². The molecule has 1 fully saturated rings. The number of aryl methyl sites for hydroxylation is 2. The van der Waals surface area contributed by atoms with Gasteiger partial charge in [-0.3, -0.25) is 19.8 Å². The first-order valence-corrected chi connectivity index (χ1v) is 14.0. The van der Waals surface area contributed by atoms with E-state index >= 15 is 0 Å². The van der Waals surface area contributed by atoms with E-state index in [0.29, 0.717) is 42.4 Å². The Morgan fingerprint density at radius 3 is 2.05 bits per heavy atom. The SMILES string of the molecule is CN(C(=O)CCCc1c[nH]nn1)C1CCN(C(=O)OCc2cc(Cl)cc(Cl)c2)CC1.O=C(O)CCCc1c[nH]nn1. The van der Waals surface area contributed by atoms with E-state index in [1.165, 1.54) is 0 Å². The number of H-pyrrole nitrogens is 2. The van der Waals surface area contributed by atoms with Gasteiger partial charge >= 0.3 is 12.1 Å². The molecule has 1 aromatic carbocycles. The molecule has 1 saturated heterocycles. The molecular weight excluding hydrogens is 575 g/mol.